The van der Waals surface area contributed by atoms with Crippen LogP contribution in [-0.4, -0.2) is 76.4 Å². The van der Waals surface area contributed by atoms with Crippen LogP contribution in [0.25, 0.3) is 10.8 Å². The number of carboxylic acids is 2. The lowest BCUT2D eigenvalue weighted by atomic mass is 9.94. The van der Waals surface area contributed by atoms with E-state index in [2.05, 4.69) is 66.0 Å². The lowest BCUT2D eigenvalue weighted by Gasteiger charge is -2.23. The van der Waals surface area contributed by atoms with Gasteiger partial charge in [-0.15, -0.1) is 0 Å². The van der Waals surface area contributed by atoms with Crippen molar-refractivity contribution < 1.29 is 38.9 Å². The zero-order chi connectivity index (χ0) is 47.3. The number of nitrogens with zero attached hydrogens (tertiary/aromatic N) is 2. The Labute approximate surface area is 390 Å². The second kappa shape index (κ2) is 26.5. The Hall–Kier alpha value is -6.40. The molecular weight excluding hydrogens is 833 g/mol. The summed E-state index contributed by atoms with van der Waals surface area (Å²) in [6.45, 7) is 7.72. The summed E-state index contributed by atoms with van der Waals surface area (Å²) in [5, 5.41) is 24.4. The van der Waals surface area contributed by atoms with Crippen molar-refractivity contribution >= 4 is 40.6 Å². The molecule has 8 rings (SSSR count). The molecule has 1 aliphatic carbocycles. The molecule has 5 atom stereocenters. The van der Waals surface area contributed by atoms with Crippen molar-refractivity contribution in [2.24, 2.45) is 29.4 Å². The fourth-order valence-corrected chi connectivity index (χ4v) is 8.71. The van der Waals surface area contributed by atoms with Crippen LogP contribution in [-0.2, 0) is 32.3 Å². The number of hydrogen-bond acceptors (Lipinski definition) is 8. The Morgan fingerprint density at radius 2 is 1.05 bits per heavy atom. The quantitative estimate of drug-likeness (QED) is 0.1000. The molecule has 0 unspecified atom stereocenters. The zero-order valence-electron chi connectivity index (χ0n) is 38.7. The maximum absolute atomic E-state index is 12.0. The molecule has 12 nitrogen and oxygen atoms in total. The van der Waals surface area contributed by atoms with E-state index in [4.69, 9.17) is 25.4 Å². The minimum absolute atomic E-state index is 0.0109. The highest BCUT2D eigenvalue weighted by molar-refractivity contribution is 5.86. The predicted octanol–water partition coefficient (Wildman–Crippen LogP) is 11.0. The van der Waals surface area contributed by atoms with Gasteiger partial charge in [0, 0.05) is 44.0 Å². The van der Waals surface area contributed by atoms with Crippen LogP contribution in [0.1, 0.15) is 88.4 Å². The maximum Gasteiger partial charge on any atom is 0.410 e. The first-order valence-electron chi connectivity index (χ1n) is 23.4. The van der Waals surface area contributed by atoms with Crippen LogP contribution in [0, 0.1) is 23.7 Å². The molecule has 1 saturated carbocycles. The first-order chi connectivity index (χ1) is 32.0. The molecule has 3 fully saturated rings. The molecule has 5 aromatic carbocycles. The second-order valence-corrected chi connectivity index (χ2v) is 17.3. The van der Waals surface area contributed by atoms with Gasteiger partial charge >= 0.3 is 24.1 Å². The Bertz CT molecular complexity index is 2140. The number of carbonyl (C=O) groups excluding carboxylic acids is 2. The molecule has 0 spiro atoms. The molecule has 2 saturated heterocycles. The Morgan fingerprint density at radius 1 is 0.606 bits per heavy atom. The first kappa shape index (κ1) is 50.6. The van der Waals surface area contributed by atoms with E-state index in [1.165, 1.54) is 63.9 Å². The zero-order valence-corrected chi connectivity index (χ0v) is 38.7. The van der Waals surface area contributed by atoms with E-state index < -0.39 is 36.0 Å². The fraction of sp³-hybridized carbons (Fsp3) is 0.407. The van der Waals surface area contributed by atoms with Crippen LogP contribution in [0.5, 0.6) is 0 Å². The largest absolute Gasteiger partial charge is 0.481 e. The second-order valence-electron chi connectivity index (χ2n) is 17.3. The predicted molar refractivity (Wildman–Crippen MR) is 260 cm³/mol. The standard InChI is InChI=1S/2C15H19NO4.C12H13N.C12H17N/c2*1-2-12-8-16(9-13(12)14(17)18)15(19)20-10-11-6-4-3-5-7-11;1-9(13)11-8-4-6-10-5-2-3-7-12(10)11;1-3-7-11(8-4-1)13-12-9-5-2-6-10-12/h2*3-7,12-13H,2,8-10H2,1H3,(H,17,18);2-9H,13H2,1H3;1,3-4,7-8,12-13H,2,5-6,9-10H2/t2*12-,13+;9-;/m111./s1. The number of carbonyl (C=O) groups is 4. The topological polar surface area (TPSA) is 172 Å². The summed E-state index contributed by atoms with van der Waals surface area (Å²) in [6.07, 6.45) is 7.53. The SMILES string of the molecule is CC[C@@H]1CN(C(=O)OCc2ccccc2)C[C@@H]1C(=O)O.CC[C@@H]1CN(C(=O)OCc2ccccc2)C[C@@H]1C(=O)O.C[C@@H](N)c1cccc2ccccc12.c1ccc(NC2CCCCC2)cc1. The summed E-state index contributed by atoms with van der Waals surface area (Å²) in [7, 11) is 0. The van der Waals surface area contributed by atoms with Crippen molar-refractivity contribution in [3.63, 3.8) is 0 Å². The number of hydrogen-bond donors (Lipinski definition) is 4. The molecule has 5 N–H and O–H groups in total. The highest BCUT2D eigenvalue weighted by Crippen LogP contribution is 2.29. The van der Waals surface area contributed by atoms with Crippen LogP contribution in [0.4, 0.5) is 15.3 Å². The number of para-hydroxylation sites is 1. The highest BCUT2D eigenvalue weighted by Gasteiger charge is 2.40. The number of ether oxygens (including phenoxy) is 2. The first-order valence-corrected chi connectivity index (χ1v) is 23.4. The Balaban J connectivity index is 0.000000168. The monoisotopic (exact) mass is 901 g/mol. The molecular formula is C54H68N4O8. The van der Waals surface area contributed by atoms with Gasteiger partial charge < -0.3 is 40.5 Å². The smallest absolute Gasteiger partial charge is 0.410 e. The van der Waals surface area contributed by atoms with Crippen molar-refractivity contribution in [2.45, 2.75) is 91.0 Å². The number of carboxylic acid groups (broad SMARTS) is 2. The van der Waals surface area contributed by atoms with Crippen molar-refractivity contribution in [1.29, 1.82) is 0 Å². The van der Waals surface area contributed by atoms with Gasteiger partial charge in [0.05, 0.1) is 11.8 Å². The molecule has 352 valence electrons. The number of amides is 2. The number of likely N-dealkylation sites (tertiary alicyclic amines) is 2. The number of nitrogens with one attached hydrogen (secondary N) is 1. The van der Waals surface area contributed by atoms with E-state index in [1.807, 2.05) is 93.6 Å². The van der Waals surface area contributed by atoms with Gasteiger partial charge in [0.15, 0.2) is 0 Å². The maximum atomic E-state index is 12.0. The third-order valence-corrected chi connectivity index (χ3v) is 12.6. The number of rotatable bonds is 11. The number of anilines is 1. The van der Waals surface area contributed by atoms with E-state index in [0.717, 1.165) is 30.0 Å². The minimum Gasteiger partial charge on any atom is -0.481 e. The van der Waals surface area contributed by atoms with Gasteiger partial charge in [-0.2, -0.15) is 0 Å². The van der Waals surface area contributed by atoms with Crippen molar-refractivity contribution in [3.05, 3.63) is 150 Å². The summed E-state index contributed by atoms with van der Waals surface area (Å²) in [5.74, 6) is -2.62. The molecule has 2 heterocycles. The molecule has 2 aliphatic heterocycles. The van der Waals surface area contributed by atoms with Gasteiger partial charge in [-0.1, -0.05) is 167 Å². The molecule has 66 heavy (non-hydrogen) atoms. The molecule has 3 aliphatic rings. The summed E-state index contributed by atoms with van der Waals surface area (Å²) in [6, 6.07) is 44.8. The van der Waals surface area contributed by atoms with Crippen molar-refractivity contribution in [1.82, 2.24) is 9.80 Å². The van der Waals surface area contributed by atoms with Crippen molar-refractivity contribution in [2.75, 3.05) is 31.5 Å². The number of nitrogens with two attached hydrogens (primary N) is 1. The fourth-order valence-electron chi connectivity index (χ4n) is 8.71. The molecule has 5 aromatic rings. The summed E-state index contributed by atoms with van der Waals surface area (Å²) in [4.78, 5) is 49.2. The highest BCUT2D eigenvalue weighted by atomic mass is 16.6. The summed E-state index contributed by atoms with van der Waals surface area (Å²) >= 11 is 0. The minimum atomic E-state index is -0.838. The number of benzene rings is 5. The van der Waals surface area contributed by atoms with Gasteiger partial charge in [0.1, 0.15) is 13.2 Å². The molecule has 0 aromatic heterocycles. The Kier molecular flexibility index (Phi) is 20.3. The van der Waals surface area contributed by atoms with Crippen LogP contribution in [0.3, 0.4) is 0 Å². The normalized spacial score (nSPS) is 19.4. The number of fused-ring (bicyclic) bond motifs is 1. The van der Waals surface area contributed by atoms with Gasteiger partial charge in [-0.25, -0.2) is 9.59 Å². The van der Waals surface area contributed by atoms with Gasteiger partial charge in [-0.05, 0) is 71.2 Å². The average Bonchev–Trinajstić information content (AvgIpc) is 4.01. The summed E-state index contributed by atoms with van der Waals surface area (Å²) in [5.41, 5.74) is 10.2. The lowest BCUT2D eigenvalue weighted by Crippen LogP contribution is -2.30. The Morgan fingerprint density at radius 3 is 1.48 bits per heavy atom. The van der Waals surface area contributed by atoms with Crippen LogP contribution < -0.4 is 11.1 Å². The summed E-state index contributed by atoms with van der Waals surface area (Å²) < 4.78 is 10.5. The lowest BCUT2D eigenvalue weighted by molar-refractivity contribution is -0.143. The molecule has 0 bridgehead atoms. The van der Waals surface area contributed by atoms with Crippen LogP contribution >= 0.6 is 0 Å². The molecule has 2 amide bonds. The van der Waals surface area contributed by atoms with Gasteiger partial charge in [0.2, 0.25) is 0 Å². The van der Waals surface area contributed by atoms with Crippen LogP contribution in [0.15, 0.2) is 133 Å². The van der Waals surface area contributed by atoms with E-state index >= 15 is 0 Å². The van der Waals surface area contributed by atoms with E-state index in [1.54, 1.807) is 0 Å². The average molecular weight is 901 g/mol. The number of aliphatic carboxylic acids is 2. The molecule has 0 radical (unpaired) electrons. The molecule has 12 heteroatoms. The van der Waals surface area contributed by atoms with Gasteiger partial charge in [0.25, 0.3) is 0 Å². The van der Waals surface area contributed by atoms with E-state index in [9.17, 15) is 19.2 Å². The van der Waals surface area contributed by atoms with Crippen molar-refractivity contribution in [3.8, 4) is 0 Å². The van der Waals surface area contributed by atoms with E-state index in [-0.39, 0.29) is 44.2 Å². The third-order valence-electron chi connectivity index (χ3n) is 12.6. The van der Waals surface area contributed by atoms with Crippen LogP contribution in [0.2, 0.25) is 0 Å². The van der Waals surface area contributed by atoms with Gasteiger partial charge in [-0.3, -0.25) is 9.59 Å². The third kappa shape index (κ3) is 15.6. The van der Waals surface area contributed by atoms with E-state index in [0.29, 0.717) is 13.1 Å².